The number of aliphatic hydroxyl groups excluding tert-OH is 2. The molecule has 4 atom stereocenters. The first-order valence-electron chi connectivity index (χ1n) is 10.1. The number of anilines is 1. The molecule has 0 aromatic carbocycles. The fraction of sp³-hybridized carbons (Fsp3) is 0.611. The molecule has 1 aliphatic heterocycles. The molecule has 32 heavy (non-hydrogen) atoms. The topological polar surface area (TPSA) is 183 Å². The van der Waals surface area contributed by atoms with E-state index in [9.17, 15) is 20.0 Å². The van der Waals surface area contributed by atoms with Gasteiger partial charge in [-0.3, -0.25) is 4.57 Å². The largest absolute Gasteiger partial charge is 0.387 e. The maximum atomic E-state index is 11.0. The molecule has 2 fully saturated rings. The van der Waals surface area contributed by atoms with E-state index in [1.54, 1.807) is 0 Å². The Morgan fingerprint density at radius 1 is 1.31 bits per heavy atom. The monoisotopic (exact) mass is 487 g/mol. The second-order valence-electron chi connectivity index (χ2n) is 7.94. The van der Waals surface area contributed by atoms with Crippen molar-refractivity contribution < 1.29 is 34.0 Å². The van der Waals surface area contributed by atoms with Crippen LogP contribution in [0.1, 0.15) is 37.5 Å². The Bertz CT molecular complexity index is 1080. The van der Waals surface area contributed by atoms with E-state index in [2.05, 4.69) is 21.4 Å². The van der Waals surface area contributed by atoms with Gasteiger partial charge in [0, 0.05) is 12.2 Å². The standard InChI is InChI=1S/C18H23ClN5O7P/c19-18-22-15(21-10-3-1-2-4-10)12-9(5-20)6-24(16(12)23-18)17-14(26)13(25)11(31-17)7-30-8-32(27,28)29/h6,10-11,13-14,17,25-26H,1-4,7-8H2,(H,21,22,23)(H2,27,28,29)/t11-,13-,14-,17-/m1/s1. The lowest BCUT2D eigenvalue weighted by molar-refractivity contribution is -0.0611. The van der Waals surface area contributed by atoms with E-state index >= 15 is 0 Å². The number of hydrogen-bond acceptors (Lipinski definition) is 9. The third-order valence-electron chi connectivity index (χ3n) is 5.61. The fourth-order valence-corrected chi connectivity index (χ4v) is 4.66. The van der Waals surface area contributed by atoms with E-state index in [1.165, 1.54) is 10.8 Å². The second-order valence-corrected chi connectivity index (χ2v) is 9.86. The van der Waals surface area contributed by atoms with Crippen molar-refractivity contribution in [1.82, 2.24) is 14.5 Å². The van der Waals surface area contributed by atoms with Gasteiger partial charge >= 0.3 is 7.60 Å². The molecule has 2 aromatic heterocycles. The summed E-state index contributed by atoms with van der Waals surface area (Å²) < 4.78 is 23.0. The summed E-state index contributed by atoms with van der Waals surface area (Å²) in [6.07, 6.45) is -0.277. The summed E-state index contributed by atoms with van der Waals surface area (Å²) in [7, 11) is -4.39. The van der Waals surface area contributed by atoms with Gasteiger partial charge in [0.25, 0.3) is 0 Å². The van der Waals surface area contributed by atoms with Crippen molar-refractivity contribution in [2.24, 2.45) is 0 Å². The maximum Gasteiger partial charge on any atom is 0.350 e. The molecule has 1 aliphatic carbocycles. The predicted octanol–water partition coefficient (Wildman–Crippen LogP) is 1.08. The summed E-state index contributed by atoms with van der Waals surface area (Å²) in [5, 5.41) is 34.3. The predicted molar refractivity (Wildman–Crippen MR) is 112 cm³/mol. The Balaban J connectivity index is 1.64. The van der Waals surface area contributed by atoms with Crippen LogP contribution in [0.3, 0.4) is 0 Å². The normalized spacial score (nSPS) is 26.6. The van der Waals surface area contributed by atoms with Gasteiger partial charge in [0.15, 0.2) is 11.9 Å². The number of nitrogens with zero attached hydrogens (tertiary/aromatic N) is 4. The molecule has 1 saturated heterocycles. The number of halogens is 1. The number of nitriles is 1. The molecular formula is C18H23ClN5O7P. The Hall–Kier alpha value is -1.81. The van der Waals surface area contributed by atoms with Crippen molar-refractivity contribution in [2.45, 2.75) is 56.3 Å². The molecule has 0 radical (unpaired) electrons. The molecule has 12 nitrogen and oxygen atoms in total. The summed E-state index contributed by atoms with van der Waals surface area (Å²) in [5.74, 6) is 0.414. The van der Waals surface area contributed by atoms with Gasteiger partial charge in [-0.05, 0) is 24.4 Å². The van der Waals surface area contributed by atoms with Gasteiger partial charge in [-0.25, -0.2) is 0 Å². The smallest absolute Gasteiger partial charge is 0.350 e. The molecule has 4 rings (SSSR count). The first-order valence-corrected chi connectivity index (χ1v) is 12.2. The van der Waals surface area contributed by atoms with Gasteiger partial charge in [-0.1, -0.05) is 12.8 Å². The summed E-state index contributed by atoms with van der Waals surface area (Å²) in [6, 6.07) is 2.29. The fourth-order valence-electron chi connectivity index (χ4n) is 4.15. The van der Waals surface area contributed by atoms with E-state index in [1.807, 2.05) is 0 Å². The van der Waals surface area contributed by atoms with Crippen LogP contribution in [0.25, 0.3) is 11.0 Å². The second kappa shape index (κ2) is 9.21. The van der Waals surface area contributed by atoms with Crippen LogP contribution in [0.15, 0.2) is 6.20 Å². The molecule has 0 spiro atoms. The highest BCUT2D eigenvalue weighted by atomic mass is 35.5. The maximum absolute atomic E-state index is 11.0. The average Bonchev–Trinajstić information content (AvgIpc) is 3.42. The van der Waals surface area contributed by atoms with Gasteiger partial charge in [-0.2, -0.15) is 15.2 Å². The van der Waals surface area contributed by atoms with E-state index < -0.39 is 38.5 Å². The van der Waals surface area contributed by atoms with Crippen molar-refractivity contribution in [2.75, 3.05) is 18.3 Å². The van der Waals surface area contributed by atoms with Crippen LogP contribution in [-0.4, -0.2) is 71.8 Å². The van der Waals surface area contributed by atoms with Crippen molar-refractivity contribution in [3.05, 3.63) is 17.0 Å². The van der Waals surface area contributed by atoms with Gasteiger partial charge in [-0.15, -0.1) is 0 Å². The van der Waals surface area contributed by atoms with Crippen LogP contribution in [0.5, 0.6) is 0 Å². The summed E-state index contributed by atoms with van der Waals surface area (Å²) in [5.41, 5.74) is 0.485. The minimum atomic E-state index is -4.39. The lowest BCUT2D eigenvalue weighted by Crippen LogP contribution is -2.33. The zero-order valence-electron chi connectivity index (χ0n) is 16.8. The summed E-state index contributed by atoms with van der Waals surface area (Å²) in [4.78, 5) is 26.3. The average molecular weight is 488 g/mol. The first kappa shape index (κ1) is 23.4. The third kappa shape index (κ3) is 4.76. The lowest BCUT2D eigenvalue weighted by atomic mass is 10.1. The minimum absolute atomic E-state index is 0.0589. The Kier molecular flexibility index (Phi) is 6.72. The highest BCUT2D eigenvalue weighted by Gasteiger charge is 2.45. The number of aliphatic hydroxyl groups is 2. The molecule has 5 N–H and O–H groups in total. The zero-order chi connectivity index (χ0) is 23.0. The number of ether oxygens (including phenoxy) is 2. The molecule has 0 unspecified atom stereocenters. The number of hydrogen-bond donors (Lipinski definition) is 5. The number of aromatic nitrogens is 3. The Labute approximate surface area is 187 Å². The zero-order valence-corrected chi connectivity index (χ0v) is 18.5. The van der Waals surface area contributed by atoms with Crippen molar-refractivity contribution in [3.8, 4) is 6.07 Å². The van der Waals surface area contributed by atoms with Crippen LogP contribution < -0.4 is 5.32 Å². The van der Waals surface area contributed by atoms with Gasteiger partial charge in [0.1, 0.15) is 36.5 Å². The number of fused-ring (bicyclic) bond motifs is 1. The van der Waals surface area contributed by atoms with E-state index in [-0.39, 0.29) is 29.1 Å². The summed E-state index contributed by atoms with van der Waals surface area (Å²) in [6.45, 7) is -0.353. The molecule has 14 heteroatoms. The van der Waals surface area contributed by atoms with Crippen LogP contribution in [0, 0.1) is 11.3 Å². The first-order chi connectivity index (χ1) is 15.2. The molecular weight excluding hydrogens is 465 g/mol. The van der Waals surface area contributed by atoms with Crippen LogP contribution in [0.2, 0.25) is 5.28 Å². The molecule has 1 saturated carbocycles. The van der Waals surface area contributed by atoms with Crippen LogP contribution in [0.4, 0.5) is 5.82 Å². The quantitative estimate of drug-likeness (QED) is 0.278. The van der Waals surface area contributed by atoms with Crippen molar-refractivity contribution in [3.63, 3.8) is 0 Å². The molecule has 0 bridgehead atoms. The molecule has 2 aliphatic rings. The third-order valence-corrected chi connectivity index (χ3v) is 6.30. The van der Waals surface area contributed by atoms with Crippen LogP contribution >= 0.6 is 19.2 Å². The Morgan fingerprint density at radius 2 is 2.03 bits per heavy atom. The van der Waals surface area contributed by atoms with E-state index in [0.717, 1.165) is 25.7 Å². The van der Waals surface area contributed by atoms with Gasteiger partial charge in [0.05, 0.1) is 17.6 Å². The number of rotatable bonds is 7. The lowest BCUT2D eigenvalue weighted by Gasteiger charge is -2.18. The highest BCUT2D eigenvalue weighted by Crippen LogP contribution is 2.38. The Morgan fingerprint density at radius 3 is 2.69 bits per heavy atom. The summed E-state index contributed by atoms with van der Waals surface area (Å²) >= 11 is 6.14. The molecule has 0 amide bonds. The molecule has 2 aromatic rings. The van der Waals surface area contributed by atoms with Crippen molar-refractivity contribution >= 4 is 36.0 Å². The number of nitrogens with one attached hydrogen (secondary N) is 1. The van der Waals surface area contributed by atoms with Crippen molar-refractivity contribution in [1.29, 1.82) is 5.26 Å². The van der Waals surface area contributed by atoms with Gasteiger partial charge in [0.2, 0.25) is 5.28 Å². The SMILES string of the molecule is N#Cc1cn([C@@H]2O[C@H](COCP(=O)(O)O)[C@@H](O)[C@H]2O)c2nc(Cl)nc(NC3CCCC3)c12. The van der Waals surface area contributed by atoms with E-state index in [4.69, 9.17) is 30.9 Å². The molecule has 3 heterocycles. The van der Waals surface area contributed by atoms with Crippen LogP contribution in [-0.2, 0) is 14.0 Å². The van der Waals surface area contributed by atoms with E-state index in [0.29, 0.717) is 11.2 Å². The van der Waals surface area contributed by atoms with Gasteiger partial charge < -0.3 is 39.4 Å². The highest BCUT2D eigenvalue weighted by molar-refractivity contribution is 7.51. The minimum Gasteiger partial charge on any atom is -0.387 e. The molecule has 174 valence electrons.